The molecule has 126 valence electrons. The number of ether oxygens (including phenoxy) is 1. The molecular formula is C16H16F2N4O2. The molecule has 24 heavy (non-hydrogen) atoms. The number of carbonyl (C=O) groups is 1. The Bertz CT molecular complexity index is 719. The minimum atomic E-state index is -0.855. The summed E-state index contributed by atoms with van der Waals surface area (Å²) in [5.41, 5.74) is -0.0924. The van der Waals surface area contributed by atoms with Gasteiger partial charge in [0.05, 0.1) is 24.2 Å². The molecule has 0 bridgehead atoms. The molecule has 1 aliphatic heterocycles. The summed E-state index contributed by atoms with van der Waals surface area (Å²) in [6, 6.07) is 2.90. The first-order valence-corrected chi connectivity index (χ1v) is 7.56. The number of benzene rings is 1. The number of carbonyl (C=O) groups excluding carboxylic acids is 1. The summed E-state index contributed by atoms with van der Waals surface area (Å²) in [7, 11) is 0. The number of aromatic nitrogens is 2. The number of hydrogen-bond acceptors (Lipinski definition) is 5. The molecule has 2 aromatic rings. The van der Waals surface area contributed by atoms with Gasteiger partial charge in [0.25, 0.3) is 5.91 Å². The first kappa shape index (κ1) is 16.3. The predicted octanol–water partition coefficient (Wildman–Crippen LogP) is 2.60. The van der Waals surface area contributed by atoms with Gasteiger partial charge in [-0.15, -0.1) is 0 Å². The molecule has 1 saturated heterocycles. The van der Waals surface area contributed by atoms with Gasteiger partial charge in [0.2, 0.25) is 0 Å². The predicted molar refractivity (Wildman–Crippen MR) is 83.8 cm³/mol. The highest BCUT2D eigenvalue weighted by Crippen LogP contribution is 2.16. The minimum absolute atomic E-state index is 0.0291. The van der Waals surface area contributed by atoms with Crippen LogP contribution in [0.3, 0.4) is 0 Å². The lowest BCUT2D eigenvalue weighted by Gasteiger charge is -2.11. The molecule has 2 N–H and O–H groups in total. The van der Waals surface area contributed by atoms with Crippen molar-refractivity contribution in [3.8, 4) is 0 Å². The molecule has 1 aromatic heterocycles. The van der Waals surface area contributed by atoms with E-state index in [1.54, 1.807) is 0 Å². The normalized spacial score (nSPS) is 16.8. The number of anilines is 2. The first-order chi connectivity index (χ1) is 11.6. The fourth-order valence-electron chi connectivity index (χ4n) is 2.34. The van der Waals surface area contributed by atoms with E-state index in [0.29, 0.717) is 18.4 Å². The molecule has 8 heteroatoms. The maximum Gasteiger partial charge on any atom is 0.275 e. The van der Waals surface area contributed by atoms with Gasteiger partial charge in [0.1, 0.15) is 23.1 Å². The summed E-state index contributed by atoms with van der Waals surface area (Å²) in [5, 5.41) is 5.41. The monoisotopic (exact) mass is 334 g/mol. The molecule has 0 aliphatic carbocycles. The maximum atomic E-state index is 13.5. The van der Waals surface area contributed by atoms with Gasteiger partial charge in [0, 0.05) is 19.2 Å². The lowest BCUT2D eigenvalue weighted by Crippen LogP contribution is -2.20. The molecule has 3 rings (SSSR count). The third-order valence-corrected chi connectivity index (χ3v) is 3.60. The standard InChI is InChI=1S/C16H16F2N4O2/c17-10-3-4-13(12(18)6-10)22-16(23)14-8-21-15(9-19-14)20-7-11-2-1-5-24-11/h3-4,6,8-9,11H,1-2,5,7H2,(H,20,21)(H,22,23). The zero-order valence-corrected chi connectivity index (χ0v) is 12.8. The molecule has 0 spiro atoms. The van der Waals surface area contributed by atoms with Gasteiger partial charge in [-0.1, -0.05) is 0 Å². The molecule has 1 aromatic carbocycles. The average molecular weight is 334 g/mol. The summed E-state index contributed by atoms with van der Waals surface area (Å²) < 4.78 is 31.9. The van der Waals surface area contributed by atoms with Crippen LogP contribution in [-0.4, -0.2) is 35.1 Å². The second-order valence-corrected chi connectivity index (χ2v) is 5.38. The Morgan fingerprint density at radius 3 is 2.83 bits per heavy atom. The summed E-state index contributed by atoms with van der Waals surface area (Å²) in [4.78, 5) is 20.1. The molecule has 0 radical (unpaired) electrons. The van der Waals surface area contributed by atoms with Gasteiger partial charge in [-0.25, -0.2) is 18.7 Å². The Morgan fingerprint density at radius 2 is 2.17 bits per heavy atom. The van der Waals surface area contributed by atoms with E-state index < -0.39 is 17.5 Å². The zero-order valence-electron chi connectivity index (χ0n) is 12.8. The lowest BCUT2D eigenvalue weighted by atomic mass is 10.2. The Kier molecular flexibility index (Phi) is 4.95. The number of nitrogens with one attached hydrogen (secondary N) is 2. The highest BCUT2D eigenvalue weighted by atomic mass is 19.1. The second kappa shape index (κ2) is 7.31. The summed E-state index contributed by atoms with van der Waals surface area (Å²) in [6.45, 7) is 1.40. The number of nitrogens with zero attached hydrogens (tertiary/aromatic N) is 2. The number of rotatable bonds is 5. The van der Waals surface area contributed by atoms with Crippen molar-refractivity contribution < 1.29 is 18.3 Å². The summed E-state index contributed by atoms with van der Waals surface area (Å²) >= 11 is 0. The maximum absolute atomic E-state index is 13.5. The highest BCUT2D eigenvalue weighted by Gasteiger charge is 2.16. The Morgan fingerprint density at radius 1 is 1.29 bits per heavy atom. The van der Waals surface area contributed by atoms with E-state index in [9.17, 15) is 13.6 Å². The smallest absolute Gasteiger partial charge is 0.275 e. The molecule has 1 unspecified atom stereocenters. The van der Waals surface area contributed by atoms with Crippen molar-refractivity contribution in [3.63, 3.8) is 0 Å². The van der Waals surface area contributed by atoms with Crippen LogP contribution in [0.4, 0.5) is 20.3 Å². The molecule has 1 atom stereocenters. The summed E-state index contributed by atoms with van der Waals surface area (Å²) in [6.07, 6.45) is 4.93. The van der Waals surface area contributed by atoms with E-state index >= 15 is 0 Å². The zero-order chi connectivity index (χ0) is 16.9. The van der Waals surface area contributed by atoms with E-state index in [4.69, 9.17) is 4.74 Å². The van der Waals surface area contributed by atoms with Crippen molar-refractivity contribution in [2.24, 2.45) is 0 Å². The van der Waals surface area contributed by atoms with Crippen molar-refractivity contribution in [3.05, 3.63) is 47.9 Å². The van der Waals surface area contributed by atoms with Crippen LogP contribution in [0, 0.1) is 11.6 Å². The molecule has 1 amide bonds. The van der Waals surface area contributed by atoms with Gasteiger partial charge in [0.15, 0.2) is 0 Å². The van der Waals surface area contributed by atoms with E-state index in [0.717, 1.165) is 31.6 Å². The van der Waals surface area contributed by atoms with Gasteiger partial charge in [-0.3, -0.25) is 4.79 Å². The van der Waals surface area contributed by atoms with Crippen LogP contribution in [0.15, 0.2) is 30.6 Å². The highest BCUT2D eigenvalue weighted by molar-refractivity contribution is 6.02. The summed E-state index contributed by atoms with van der Waals surface area (Å²) in [5.74, 6) is -1.67. The lowest BCUT2D eigenvalue weighted by molar-refractivity contribution is 0.102. The number of amides is 1. The van der Waals surface area contributed by atoms with Crippen molar-refractivity contribution in [1.29, 1.82) is 0 Å². The third-order valence-electron chi connectivity index (χ3n) is 3.60. The first-order valence-electron chi connectivity index (χ1n) is 7.56. The largest absolute Gasteiger partial charge is 0.376 e. The number of hydrogen-bond donors (Lipinski definition) is 2. The van der Waals surface area contributed by atoms with E-state index in [2.05, 4.69) is 20.6 Å². The third kappa shape index (κ3) is 4.02. The Labute approximate surface area is 137 Å². The van der Waals surface area contributed by atoms with E-state index in [1.165, 1.54) is 12.4 Å². The second-order valence-electron chi connectivity index (χ2n) is 5.38. The van der Waals surface area contributed by atoms with Crippen LogP contribution in [-0.2, 0) is 4.74 Å². The molecule has 1 fully saturated rings. The molecule has 2 heterocycles. The van der Waals surface area contributed by atoms with Crippen LogP contribution >= 0.6 is 0 Å². The van der Waals surface area contributed by atoms with Crippen molar-refractivity contribution in [2.75, 3.05) is 23.8 Å². The van der Waals surface area contributed by atoms with Crippen molar-refractivity contribution in [1.82, 2.24) is 9.97 Å². The van der Waals surface area contributed by atoms with E-state index in [1.807, 2.05) is 0 Å². The number of halogens is 2. The van der Waals surface area contributed by atoms with Gasteiger partial charge >= 0.3 is 0 Å². The van der Waals surface area contributed by atoms with E-state index in [-0.39, 0.29) is 17.5 Å². The molecule has 0 saturated carbocycles. The topological polar surface area (TPSA) is 76.1 Å². The quantitative estimate of drug-likeness (QED) is 0.879. The Hall–Kier alpha value is -2.61. The van der Waals surface area contributed by atoms with Crippen LogP contribution in [0.2, 0.25) is 0 Å². The van der Waals surface area contributed by atoms with Gasteiger partial charge in [-0.2, -0.15) is 0 Å². The Balaban J connectivity index is 1.58. The van der Waals surface area contributed by atoms with Crippen LogP contribution in [0.1, 0.15) is 23.3 Å². The van der Waals surface area contributed by atoms with Gasteiger partial charge < -0.3 is 15.4 Å². The van der Waals surface area contributed by atoms with Crippen LogP contribution < -0.4 is 10.6 Å². The van der Waals surface area contributed by atoms with Crippen LogP contribution in [0.5, 0.6) is 0 Å². The molecule has 6 nitrogen and oxygen atoms in total. The average Bonchev–Trinajstić information content (AvgIpc) is 3.09. The van der Waals surface area contributed by atoms with Crippen LogP contribution in [0.25, 0.3) is 0 Å². The van der Waals surface area contributed by atoms with Crippen molar-refractivity contribution >= 4 is 17.4 Å². The van der Waals surface area contributed by atoms with Gasteiger partial charge in [-0.05, 0) is 25.0 Å². The fraction of sp³-hybridized carbons (Fsp3) is 0.312. The molecule has 1 aliphatic rings. The van der Waals surface area contributed by atoms with Crippen molar-refractivity contribution in [2.45, 2.75) is 18.9 Å². The fourth-order valence-corrected chi connectivity index (χ4v) is 2.34. The SMILES string of the molecule is O=C(Nc1ccc(F)cc1F)c1cnc(NCC2CCCO2)cn1. The molecular weight excluding hydrogens is 318 g/mol. The minimum Gasteiger partial charge on any atom is -0.376 e.